The zero-order valence-corrected chi connectivity index (χ0v) is 8.98. The molecule has 1 aromatic heterocycles. The standard InChI is InChI=1S/C9H7BrF2N2/c1-5-7(2-3-13)14-4-6(10)8(5)9(11)12/h4,9H,2H2,1H3. The number of hydrogen-bond donors (Lipinski definition) is 0. The summed E-state index contributed by atoms with van der Waals surface area (Å²) in [5, 5.41) is 8.45. The van der Waals surface area contributed by atoms with Crippen LogP contribution in [0.4, 0.5) is 8.78 Å². The molecule has 0 aliphatic heterocycles. The first-order chi connectivity index (χ1) is 6.57. The molecule has 0 unspecified atom stereocenters. The summed E-state index contributed by atoms with van der Waals surface area (Å²) in [5.41, 5.74) is 0.715. The molecule has 74 valence electrons. The SMILES string of the molecule is Cc1c(CC#N)ncc(Br)c1C(F)F. The van der Waals surface area contributed by atoms with Crippen LogP contribution in [0.2, 0.25) is 0 Å². The lowest BCUT2D eigenvalue weighted by Crippen LogP contribution is -2.00. The molecule has 0 saturated heterocycles. The van der Waals surface area contributed by atoms with Crippen molar-refractivity contribution >= 4 is 15.9 Å². The van der Waals surface area contributed by atoms with Crippen molar-refractivity contribution in [3.63, 3.8) is 0 Å². The van der Waals surface area contributed by atoms with Gasteiger partial charge in [-0.1, -0.05) is 0 Å². The maximum atomic E-state index is 12.6. The Morgan fingerprint density at radius 2 is 2.29 bits per heavy atom. The molecule has 0 amide bonds. The Kier molecular flexibility index (Phi) is 3.53. The number of nitrogens with zero attached hydrogens (tertiary/aromatic N) is 2. The van der Waals surface area contributed by atoms with Gasteiger partial charge in [0.05, 0.1) is 18.2 Å². The number of rotatable bonds is 2. The zero-order valence-electron chi connectivity index (χ0n) is 7.39. The number of aromatic nitrogens is 1. The van der Waals surface area contributed by atoms with Gasteiger partial charge in [0.2, 0.25) is 0 Å². The molecule has 0 N–H and O–H groups in total. The Bertz CT molecular complexity index is 385. The van der Waals surface area contributed by atoms with E-state index >= 15 is 0 Å². The van der Waals surface area contributed by atoms with E-state index in [-0.39, 0.29) is 16.5 Å². The third-order valence-electron chi connectivity index (χ3n) is 1.89. The highest BCUT2D eigenvalue weighted by molar-refractivity contribution is 9.10. The van der Waals surface area contributed by atoms with Crippen molar-refractivity contribution in [1.82, 2.24) is 4.98 Å². The summed E-state index contributed by atoms with van der Waals surface area (Å²) in [6, 6.07) is 1.89. The van der Waals surface area contributed by atoms with Crippen LogP contribution >= 0.6 is 15.9 Å². The normalized spacial score (nSPS) is 10.3. The first-order valence-electron chi connectivity index (χ1n) is 3.87. The summed E-state index contributed by atoms with van der Waals surface area (Å²) < 4.78 is 25.4. The third-order valence-corrected chi connectivity index (χ3v) is 2.52. The number of halogens is 3. The monoisotopic (exact) mass is 260 g/mol. The average molecular weight is 261 g/mol. The minimum atomic E-state index is -2.55. The van der Waals surface area contributed by atoms with Gasteiger partial charge in [-0.2, -0.15) is 5.26 Å². The zero-order chi connectivity index (χ0) is 10.7. The van der Waals surface area contributed by atoms with E-state index in [1.165, 1.54) is 6.20 Å². The Morgan fingerprint density at radius 3 is 2.79 bits per heavy atom. The van der Waals surface area contributed by atoms with Gasteiger partial charge in [-0.25, -0.2) is 8.78 Å². The highest BCUT2D eigenvalue weighted by Crippen LogP contribution is 2.30. The van der Waals surface area contributed by atoms with E-state index in [0.717, 1.165) is 0 Å². The predicted molar refractivity (Wildman–Crippen MR) is 50.9 cm³/mol. The van der Waals surface area contributed by atoms with E-state index in [1.807, 2.05) is 6.07 Å². The fourth-order valence-electron chi connectivity index (χ4n) is 1.16. The van der Waals surface area contributed by atoms with E-state index < -0.39 is 6.43 Å². The van der Waals surface area contributed by atoms with Crippen LogP contribution in [-0.2, 0) is 6.42 Å². The third kappa shape index (κ3) is 2.07. The van der Waals surface area contributed by atoms with E-state index in [1.54, 1.807) is 6.92 Å². The minimum Gasteiger partial charge on any atom is -0.259 e. The Labute approximate surface area is 88.7 Å². The van der Waals surface area contributed by atoms with Crippen LogP contribution in [0.3, 0.4) is 0 Å². The van der Waals surface area contributed by atoms with Gasteiger partial charge in [-0.05, 0) is 28.4 Å². The molecule has 14 heavy (non-hydrogen) atoms. The van der Waals surface area contributed by atoms with Gasteiger partial charge in [0.1, 0.15) is 0 Å². The van der Waals surface area contributed by atoms with Gasteiger partial charge in [-0.3, -0.25) is 4.98 Å². The lowest BCUT2D eigenvalue weighted by Gasteiger charge is -2.09. The summed E-state index contributed by atoms with van der Waals surface area (Å²) >= 11 is 3.01. The largest absolute Gasteiger partial charge is 0.265 e. The summed E-state index contributed by atoms with van der Waals surface area (Å²) in [6.45, 7) is 1.55. The molecule has 1 aromatic rings. The lowest BCUT2D eigenvalue weighted by atomic mass is 10.1. The van der Waals surface area contributed by atoms with Crippen LogP contribution in [0.25, 0.3) is 0 Å². The van der Waals surface area contributed by atoms with Crippen LogP contribution in [0.5, 0.6) is 0 Å². The number of nitriles is 1. The van der Waals surface area contributed by atoms with Crippen molar-refractivity contribution < 1.29 is 8.78 Å². The molecule has 1 heterocycles. The molecule has 0 spiro atoms. The van der Waals surface area contributed by atoms with Gasteiger partial charge >= 0.3 is 0 Å². The predicted octanol–water partition coefficient (Wildman–Crippen LogP) is 3.16. The van der Waals surface area contributed by atoms with Crippen molar-refractivity contribution in [1.29, 1.82) is 5.26 Å². The second kappa shape index (κ2) is 4.47. The highest BCUT2D eigenvalue weighted by atomic mass is 79.9. The van der Waals surface area contributed by atoms with Crippen molar-refractivity contribution in [2.24, 2.45) is 0 Å². The second-order valence-electron chi connectivity index (χ2n) is 2.73. The molecule has 0 radical (unpaired) electrons. The Balaban J connectivity index is 3.28. The van der Waals surface area contributed by atoms with E-state index in [4.69, 9.17) is 5.26 Å². The van der Waals surface area contributed by atoms with Crippen molar-refractivity contribution in [2.75, 3.05) is 0 Å². The molecule has 0 atom stereocenters. The van der Waals surface area contributed by atoms with Gasteiger partial charge in [0, 0.05) is 16.2 Å². The van der Waals surface area contributed by atoms with Crippen molar-refractivity contribution in [3.8, 4) is 6.07 Å². The van der Waals surface area contributed by atoms with Gasteiger partial charge < -0.3 is 0 Å². The first kappa shape index (κ1) is 11.1. The maximum Gasteiger partial charge on any atom is 0.265 e. The van der Waals surface area contributed by atoms with Crippen LogP contribution in [0.1, 0.15) is 23.2 Å². The summed E-state index contributed by atoms with van der Waals surface area (Å²) in [6.07, 6.45) is -1.19. The van der Waals surface area contributed by atoms with Crippen LogP contribution in [0.15, 0.2) is 10.7 Å². The molecule has 0 saturated carbocycles. The molecule has 0 fully saturated rings. The second-order valence-corrected chi connectivity index (χ2v) is 3.58. The maximum absolute atomic E-state index is 12.6. The molecular weight excluding hydrogens is 254 g/mol. The fourth-order valence-corrected chi connectivity index (χ4v) is 1.73. The number of pyridine rings is 1. The topological polar surface area (TPSA) is 36.7 Å². The van der Waals surface area contributed by atoms with Gasteiger partial charge in [0.25, 0.3) is 6.43 Å². The number of hydrogen-bond acceptors (Lipinski definition) is 2. The Hall–Kier alpha value is -1.02. The van der Waals surface area contributed by atoms with Crippen LogP contribution in [-0.4, -0.2) is 4.98 Å². The lowest BCUT2D eigenvalue weighted by molar-refractivity contribution is 0.149. The van der Waals surface area contributed by atoms with E-state index in [2.05, 4.69) is 20.9 Å². The van der Waals surface area contributed by atoms with Crippen LogP contribution in [0, 0.1) is 18.3 Å². The molecule has 0 aliphatic rings. The quantitative estimate of drug-likeness (QED) is 0.819. The molecular formula is C9H7BrF2N2. The summed E-state index contributed by atoms with van der Waals surface area (Å²) in [7, 11) is 0. The van der Waals surface area contributed by atoms with E-state index in [9.17, 15) is 8.78 Å². The van der Waals surface area contributed by atoms with Crippen LogP contribution < -0.4 is 0 Å². The fraction of sp³-hybridized carbons (Fsp3) is 0.333. The molecule has 5 heteroatoms. The minimum absolute atomic E-state index is 0.0544. The molecule has 0 aromatic carbocycles. The molecule has 2 nitrogen and oxygen atoms in total. The Morgan fingerprint density at radius 1 is 1.64 bits per heavy atom. The van der Waals surface area contributed by atoms with Gasteiger partial charge in [-0.15, -0.1) is 0 Å². The number of alkyl halides is 2. The van der Waals surface area contributed by atoms with Crippen molar-refractivity contribution in [3.05, 3.63) is 27.5 Å². The average Bonchev–Trinajstić information content (AvgIpc) is 2.10. The van der Waals surface area contributed by atoms with E-state index in [0.29, 0.717) is 11.3 Å². The smallest absolute Gasteiger partial charge is 0.259 e. The molecule has 1 rings (SSSR count). The first-order valence-corrected chi connectivity index (χ1v) is 4.66. The van der Waals surface area contributed by atoms with Crippen molar-refractivity contribution in [2.45, 2.75) is 19.8 Å². The van der Waals surface area contributed by atoms with Gasteiger partial charge in [0.15, 0.2) is 0 Å². The highest BCUT2D eigenvalue weighted by Gasteiger charge is 2.17. The summed E-state index contributed by atoms with van der Waals surface area (Å²) in [4.78, 5) is 3.91. The summed E-state index contributed by atoms with van der Waals surface area (Å²) in [5.74, 6) is 0. The molecule has 0 aliphatic carbocycles. The molecule has 0 bridgehead atoms.